The first kappa shape index (κ1) is 32.4. The van der Waals surface area contributed by atoms with Crippen LogP contribution in [-0.2, 0) is 20.3 Å². The number of nitrogens with zero attached hydrogens (tertiary/aromatic N) is 6. The van der Waals surface area contributed by atoms with Crippen molar-refractivity contribution >= 4 is 10.8 Å². The zero-order valence-corrected chi connectivity index (χ0v) is 24.7. The Hall–Kier alpha value is -3.59. The van der Waals surface area contributed by atoms with Gasteiger partial charge in [0.1, 0.15) is 48.3 Å². The van der Waals surface area contributed by atoms with Crippen LogP contribution in [0.1, 0.15) is 12.1 Å². The minimum Gasteiger partial charge on any atom is -0.394 e. The van der Waals surface area contributed by atoms with Gasteiger partial charge in [-0.3, -0.25) is 4.21 Å². The lowest BCUT2D eigenvalue weighted by atomic mass is 9.97. The highest BCUT2D eigenvalue weighted by molar-refractivity contribution is 7.86. The SMILES string of the molecule is O=S([C@@H]1O[C@H](CO)[C@H](O)[C@H]([n+]2ccn(-c3cccc(F)c3)n2)[C@H]1O)[C@@H]1O[C@H](CO)[C@H](O)[C@H]([n+]2ccn(-c3cccc(F)c3)n2)[C@H]1O. The summed E-state index contributed by atoms with van der Waals surface area (Å²) in [4.78, 5) is 0. The van der Waals surface area contributed by atoms with E-state index in [0.29, 0.717) is 11.4 Å². The van der Waals surface area contributed by atoms with E-state index in [4.69, 9.17) is 9.47 Å². The fourth-order valence-corrected chi connectivity index (χ4v) is 7.35. The summed E-state index contributed by atoms with van der Waals surface area (Å²) in [7, 11) is -2.46. The second-order valence-electron chi connectivity index (χ2n) is 10.9. The minimum absolute atomic E-state index is 0.337. The van der Waals surface area contributed by atoms with Crippen LogP contribution in [0.4, 0.5) is 8.78 Å². The molecule has 0 spiro atoms. The van der Waals surface area contributed by atoms with Crippen LogP contribution in [0.25, 0.3) is 11.4 Å². The molecule has 0 amide bonds. The van der Waals surface area contributed by atoms with Gasteiger partial charge in [0.2, 0.25) is 0 Å². The fourth-order valence-electron chi connectivity index (χ4n) is 5.71. The Bertz CT molecular complexity index is 1580. The van der Waals surface area contributed by atoms with Gasteiger partial charge < -0.3 is 40.1 Å². The quantitative estimate of drug-likeness (QED) is 0.107. The summed E-state index contributed by atoms with van der Waals surface area (Å²) in [5, 5.41) is 73.3. The Kier molecular flexibility index (Phi) is 9.33. The molecule has 15 nitrogen and oxygen atoms in total. The number of aliphatic hydroxyl groups excluding tert-OH is 6. The summed E-state index contributed by atoms with van der Waals surface area (Å²) >= 11 is 0. The van der Waals surface area contributed by atoms with Gasteiger partial charge in [0.05, 0.1) is 34.4 Å². The number of hydrogen-bond donors (Lipinski definition) is 6. The van der Waals surface area contributed by atoms with Crippen molar-refractivity contribution < 1.29 is 62.5 Å². The van der Waals surface area contributed by atoms with Crippen molar-refractivity contribution in [2.45, 2.75) is 59.6 Å². The van der Waals surface area contributed by atoms with E-state index in [1.54, 1.807) is 12.1 Å². The molecule has 18 heteroatoms. The smallest absolute Gasteiger partial charge is 0.181 e. The number of aliphatic hydroxyl groups is 6. The molecule has 4 heterocycles. The third-order valence-corrected chi connectivity index (χ3v) is 9.73. The highest BCUT2D eigenvalue weighted by Crippen LogP contribution is 2.34. The lowest BCUT2D eigenvalue weighted by molar-refractivity contribution is -0.795. The topological polar surface area (TPSA) is 200 Å². The zero-order chi connectivity index (χ0) is 32.7. The van der Waals surface area contributed by atoms with Crippen molar-refractivity contribution in [3.63, 3.8) is 0 Å². The fraction of sp³-hybridized carbons (Fsp3) is 0.429. The number of hydrogen-bond acceptors (Lipinski definition) is 11. The average Bonchev–Trinajstić information content (AvgIpc) is 3.72. The van der Waals surface area contributed by atoms with Crippen LogP contribution >= 0.6 is 0 Å². The van der Waals surface area contributed by atoms with Gasteiger partial charge in [-0.15, -0.1) is 18.7 Å². The van der Waals surface area contributed by atoms with Gasteiger partial charge in [0.25, 0.3) is 0 Å². The highest BCUT2D eigenvalue weighted by Gasteiger charge is 2.57. The van der Waals surface area contributed by atoms with Crippen LogP contribution in [0.15, 0.2) is 73.3 Å². The van der Waals surface area contributed by atoms with Crippen LogP contribution in [-0.4, -0.2) is 115 Å². The normalized spacial score (nSPS) is 31.8. The van der Waals surface area contributed by atoms with Crippen molar-refractivity contribution in [2.24, 2.45) is 0 Å². The predicted molar refractivity (Wildman–Crippen MR) is 149 cm³/mol. The molecule has 0 unspecified atom stereocenters. The van der Waals surface area contributed by atoms with Gasteiger partial charge in [-0.05, 0) is 24.3 Å². The maximum Gasteiger partial charge on any atom is 0.181 e. The largest absolute Gasteiger partial charge is 0.394 e. The van der Waals surface area contributed by atoms with Crippen molar-refractivity contribution in [3.8, 4) is 11.4 Å². The van der Waals surface area contributed by atoms with E-state index >= 15 is 0 Å². The highest BCUT2D eigenvalue weighted by atomic mass is 32.2. The molecule has 10 atom stereocenters. The van der Waals surface area contributed by atoms with E-state index in [1.807, 2.05) is 0 Å². The lowest BCUT2D eigenvalue weighted by Gasteiger charge is -2.43. The summed E-state index contributed by atoms with van der Waals surface area (Å²) in [6.07, 6.45) is -3.68. The molecule has 6 rings (SSSR count). The summed E-state index contributed by atoms with van der Waals surface area (Å²) in [5.74, 6) is -1.04. The molecule has 2 aromatic carbocycles. The average molecular weight is 667 g/mol. The van der Waals surface area contributed by atoms with E-state index in [0.717, 1.165) is 9.36 Å². The Morgan fingerprint density at radius 2 is 1.13 bits per heavy atom. The first-order valence-electron chi connectivity index (χ1n) is 14.2. The number of aromatic nitrogens is 6. The van der Waals surface area contributed by atoms with Crippen molar-refractivity contribution in [1.82, 2.24) is 19.8 Å². The molecule has 0 aliphatic carbocycles. The van der Waals surface area contributed by atoms with E-state index in [-0.39, 0.29) is 0 Å². The summed E-state index contributed by atoms with van der Waals surface area (Å²) in [6.45, 7) is -1.49. The molecule has 246 valence electrons. The van der Waals surface area contributed by atoms with Crippen molar-refractivity contribution in [2.75, 3.05) is 13.2 Å². The first-order valence-corrected chi connectivity index (χ1v) is 15.5. The summed E-state index contributed by atoms with van der Waals surface area (Å²) < 4.78 is 57.9. The molecule has 0 radical (unpaired) electrons. The van der Waals surface area contributed by atoms with E-state index in [1.165, 1.54) is 70.5 Å². The van der Waals surface area contributed by atoms with Crippen LogP contribution in [0.5, 0.6) is 0 Å². The minimum atomic E-state index is -2.46. The number of benzene rings is 2. The van der Waals surface area contributed by atoms with Crippen LogP contribution < -0.4 is 9.36 Å². The molecular formula is C28H32F2N6O9S+2. The lowest BCUT2D eigenvalue weighted by Crippen LogP contribution is -2.68. The van der Waals surface area contributed by atoms with Gasteiger partial charge in [-0.25, -0.2) is 8.78 Å². The number of ether oxygens (including phenoxy) is 2. The third-order valence-electron chi connectivity index (χ3n) is 8.03. The van der Waals surface area contributed by atoms with Crippen LogP contribution in [0.3, 0.4) is 0 Å². The molecule has 6 N–H and O–H groups in total. The Morgan fingerprint density at radius 1 is 0.717 bits per heavy atom. The van der Waals surface area contributed by atoms with Crippen molar-refractivity contribution in [3.05, 3.63) is 85.0 Å². The van der Waals surface area contributed by atoms with E-state index in [9.17, 15) is 43.6 Å². The van der Waals surface area contributed by atoms with Gasteiger partial charge in [-0.2, -0.15) is 0 Å². The molecule has 2 aliphatic rings. The van der Waals surface area contributed by atoms with Gasteiger partial charge >= 0.3 is 0 Å². The predicted octanol–water partition coefficient (Wildman–Crippen LogP) is -2.68. The molecule has 0 saturated carbocycles. The Morgan fingerprint density at radius 3 is 1.50 bits per heavy atom. The Balaban J connectivity index is 1.29. The third kappa shape index (κ3) is 5.98. The monoisotopic (exact) mass is 666 g/mol. The Labute approximate surface area is 262 Å². The molecule has 4 aromatic rings. The van der Waals surface area contributed by atoms with Crippen LogP contribution in [0.2, 0.25) is 0 Å². The summed E-state index contributed by atoms with van der Waals surface area (Å²) in [6, 6.07) is 8.37. The van der Waals surface area contributed by atoms with Gasteiger partial charge in [-0.1, -0.05) is 12.1 Å². The molecule has 2 fully saturated rings. The number of rotatable bonds is 8. The molecule has 0 bridgehead atoms. The summed E-state index contributed by atoms with van der Waals surface area (Å²) in [5.41, 5.74) is -2.68. The second kappa shape index (κ2) is 13.3. The van der Waals surface area contributed by atoms with E-state index in [2.05, 4.69) is 10.4 Å². The van der Waals surface area contributed by atoms with Crippen LogP contribution in [0, 0.1) is 11.6 Å². The molecule has 46 heavy (non-hydrogen) atoms. The molecular weight excluding hydrogens is 634 g/mol. The first-order chi connectivity index (χ1) is 22.1. The molecule has 2 saturated heterocycles. The zero-order valence-electron chi connectivity index (χ0n) is 23.9. The standard InChI is InChI=1S/C28H32F2N6O9S/c29-15-3-1-5-17(11-15)33-7-9-35(31-33)21-23(39)19(13-37)44-27(25(21)41)46(43)28-26(42)22(24(40)20(14-38)45-28)36-10-8-34(32-36)18-6-2-4-16(30)12-18/h1-12,19-28,37-42H,13-14H2/q+2/t19-,20-,21+,22+,23+,24+,25-,26-,27+,28+/m1/s1. The maximum absolute atomic E-state index is 14.1. The number of halogens is 2. The molecule has 2 aromatic heterocycles. The van der Waals surface area contributed by atoms with Crippen molar-refractivity contribution in [1.29, 1.82) is 0 Å². The second-order valence-corrected chi connectivity index (χ2v) is 12.5. The van der Waals surface area contributed by atoms with Gasteiger partial charge in [0.15, 0.2) is 59.1 Å². The van der Waals surface area contributed by atoms with E-state index < -0.39 is 95.2 Å². The van der Waals surface area contributed by atoms with Gasteiger partial charge in [0, 0.05) is 12.1 Å². The molecule has 2 aliphatic heterocycles. The maximum atomic E-state index is 14.1.